The van der Waals surface area contributed by atoms with Gasteiger partial charge in [-0.25, -0.2) is 0 Å². The Kier molecular flexibility index (Phi) is 3.11. The number of hydrogen-bond donors (Lipinski definition) is 0. The molecule has 3 rings (SSSR count). The SMILES string of the molecule is O=C(CN1C(=O)COCC1=O)c1ccc2c(c1)OCO2. The maximum Gasteiger partial charge on any atom is 0.255 e. The molecule has 0 bridgehead atoms. The molecule has 7 heteroatoms. The molecule has 2 amide bonds. The number of ketones is 1. The summed E-state index contributed by atoms with van der Waals surface area (Å²) in [5.41, 5.74) is 0.362. The Labute approximate surface area is 114 Å². The van der Waals surface area contributed by atoms with Gasteiger partial charge in [-0.1, -0.05) is 0 Å². The van der Waals surface area contributed by atoms with Crippen LogP contribution in [-0.4, -0.2) is 49.0 Å². The average Bonchev–Trinajstić information content (AvgIpc) is 2.90. The van der Waals surface area contributed by atoms with E-state index in [-0.39, 0.29) is 32.3 Å². The molecular weight excluding hydrogens is 266 g/mol. The van der Waals surface area contributed by atoms with Gasteiger partial charge in [-0.3, -0.25) is 19.3 Å². The molecular formula is C13H11NO6. The van der Waals surface area contributed by atoms with Crippen molar-refractivity contribution in [1.82, 2.24) is 4.90 Å². The van der Waals surface area contributed by atoms with E-state index >= 15 is 0 Å². The number of Topliss-reactive ketones (excluding diaryl/α,β-unsaturated/α-hetero) is 1. The molecule has 1 fully saturated rings. The lowest BCUT2D eigenvalue weighted by Crippen LogP contribution is -2.48. The molecule has 0 radical (unpaired) electrons. The van der Waals surface area contributed by atoms with Crippen molar-refractivity contribution in [3.8, 4) is 11.5 Å². The molecule has 104 valence electrons. The van der Waals surface area contributed by atoms with Crippen LogP contribution < -0.4 is 9.47 Å². The Balaban J connectivity index is 1.76. The molecule has 0 spiro atoms. The van der Waals surface area contributed by atoms with Gasteiger partial charge in [0.05, 0.1) is 6.54 Å². The molecule has 2 aliphatic heterocycles. The fraction of sp³-hybridized carbons (Fsp3) is 0.308. The fourth-order valence-electron chi connectivity index (χ4n) is 2.00. The van der Waals surface area contributed by atoms with Crippen molar-refractivity contribution < 1.29 is 28.6 Å². The summed E-state index contributed by atoms with van der Waals surface area (Å²) in [6.45, 7) is -0.533. The van der Waals surface area contributed by atoms with E-state index in [9.17, 15) is 14.4 Å². The second kappa shape index (κ2) is 4.93. The first-order chi connectivity index (χ1) is 9.65. The van der Waals surface area contributed by atoms with E-state index in [0.717, 1.165) is 4.90 Å². The predicted molar refractivity (Wildman–Crippen MR) is 64.4 cm³/mol. The lowest BCUT2D eigenvalue weighted by molar-refractivity contribution is -0.157. The van der Waals surface area contributed by atoms with Crippen molar-refractivity contribution in [3.63, 3.8) is 0 Å². The molecule has 7 nitrogen and oxygen atoms in total. The molecule has 0 aliphatic carbocycles. The standard InChI is InChI=1S/C13H11NO6/c15-9(4-14-12(16)5-18-6-13(14)17)8-1-2-10-11(3-8)20-7-19-10/h1-3H,4-7H2. The zero-order valence-electron chi connectivity index (χ0n) is 10.5. The van der Waals surface area contributed by atoms with E-state index in [1.165, 1.54) is 0 Å². The molecule has 2 heterocycles. The van der Waals surface area contributed by atoms with Crippen LogP contribution in [0.15, 0.2) is 18.2 Å². The third kappa shape index (κ3) is 2.23. The monoisotopic (exact) mass is 277 g/mol. The van der Waals surface area contributed by atoms with Gasteiger partial charge in [-0.05, 0) is 18.2 Å². The van der Waals surface area contributed by atoms with E-state index in [4.69, 9.17) is 14.2 Å². The Hall–Kier alpha value is -2.41. The van der Waals surface area contributed by atoms with Crippen LogP contribution in [0.5, 0.6) is 11.5 Å². The van der Waals surface area contributed by atoms with Gasteiger partial charge in [0.2, 0.25) is 6.79 Å². The van der Waals surface area contributed by atoms with Crippen LogP contribution in [0.25, 0.3) is 0 Å². The molecule has 0 saturated carbocycles. The Morgan fingerprint density at radius 1 is 1.10 bits per heavy atom. The maximum absolute atomic E-state index is 12.1. The summed E-state index contributed by atoms with van der Waals surface area (Å²) in [4.78, 5) is 36.1. The van der Waals surface area contributed by atoms with Crippen LogP contribution in [0, 0.1) is 0 Å². The third-order valence-corrected chi connectivity index (χ3v) is 3.05. The molecule has 2 aliphatic rings. The second-order valence-electron chi connectivity index (χ2n) is 4.36. The highest BCUT2D eigenvalue weighted by Crippen LogP contribution is 2.32. The highest BCUT2D eigenvalue weighted by Gasteiger charge is 2.29. The number of ether oxygens (including phenoxy) is 3. The van der Waals surface area contributed by atoms with Gasteiger partial charge in [-0.2, -0.15) is 0 Å². The first-order valence-electron chi connectivity index (χ1n) is 5.99. The highest BCUT2D eigenvalue weighted by molar-refractivity contribution is 6.06. The van der Waals surface area contributed by atoms with Gasteiger partial charge in [-0.15, -0.1) is 0 Å². The number of amides is 2. The number of fused-ring (bicyclic) bond motifs is 1. The number of carbonyl (C=O) groups is 3. The number of morpholine rings is 1. The molecule has 20 heavy (non-hydrogen) atoms. The molecule has 0 N–H and O–H groups in total. The molecule has 1 saturated heterocycles. The largest absolute Gasteiger partial charge is 0.454 e. The number of rotatable bonds is 3. The fourth-order valence-corrected chi connectivity index (χ4v) is 2.00. The van der Waals surface area contributed by atoms with Gasteiger partial charge >= 0.3 is 0 Å². The summed E-state index contributed by atoms with van der Waals surface area (Å²) in [7, 11) is 0. The minimum Gasteiger partial charge on any atom is -0.454 e. The molecule has 0 atom stereocenters. The van der Waals surface area contributed by atoms with Crippen molar-refractivity contribution in [2.75, 3.05) is 26.6 Å². The number of benzene rings is 1. The summed E-state index contributed by atoms with van der Waals surface area (Å²) >= 11 is 0. The molecule has 1 aromatic rings. The average molecular weight is 277 g/mol. The highest BCUT2D eigenvalue weighted by atomic mass is 16.7. The first-order valence-corrected chi connectivity index (χ1v) is 5.99. The molecule has 0 unspecified atom stereocenters. The zero-order chi connectivity index (χ0) is 14.1. The van der Waals surface area contributed by atoms with Crippen molar-refractivity contribution in [3.05, 3.63) is 23.8 Å². The lowest BCUT2D eigenvalue weighted by atomic mass is 10.1. The predicted octanol–water partition coefficient (Wildman–Crippen LogP) is -0.0166. The van der Waals surface area contributed by atoms with Gasteiger partial charge in [0.25, 0.3) is 11.8 Å². The second-order valence-corrected chi connectivity index (χ2v) is 4.36. The summed E-state index contributed by atoms with van der Waals surface area (Å²) in [5, 5.41) is 0. The third-order valence-electron chi connectivity index (χ3n) is 3.05. The van der Waals surface area contributed by atoms with Crippen LogP contribution in [0.4, 0.5) is 0 Å². The van der Waals surface area contributed by atoms with Crippen molar-refractivity contribution in [2.24, 2.45) is 0 Å². The van der Waals surface area contributed by atoms with E-state index in [1.807, 2.05) is 0 Å². The van der Waals surface area contributed by atoms with Crippen LogP contribution >= 0.6 is 0 Å². The lowest BCUT2D eigenvalue weighted by Gasteiger charge is -2.24. The van der Waals surface area contributed by atoms with Crippen molar-refractivity contribution in [2.45, 2.75) is 0 Å². The summed E-state index contributed by atoms with van der Waals surface area (Å²) in [6.07, 6.45) is 0. The Morgan fingerprint density at radius 3 is 2.55 bits per heavy atom. The van der Waals surface area contributed by atoms with Gasteiger partial charge < -0.3 is 14.2 Å². The Morgan fingerprint density at radius 2 is 1.80 bits per heavy atom. The normalized spacial score (nSPS) is 17.5. The maximum atomic E-state index is 12.1. The smallest absolute Gasteiger partial charge is 0.255 e. The molecule has 0 aromatic heterocycles. The number of hydrogen-bond acceptors (Lipinski definition) is 6. The van der Waals surface area contributed by atoms with Crippen LogP contribution in [0.2, 0.25) is 0 Å². The zero-order valence-corrected chi connectivity index (χ0v) is 10.5. The Bertz CT molecular complexity index is 581. The quantitative estimate of drug-likeness (QED) is 0.570. The van der Waals surface area contributed by atoms with Gasteiger partial charge in [0.15, 0.2) is 17.3 Å². The first kappa shape index (κ1) is 12.6. The van der Waals surface area contributed by atoms with Gasteiger partial charge in [0.1, 0.15) is 13.2 Å². The summed E-state index contributed by atoms with van der Waals surface area (Å²) in [5.74, 6) is -0.298. The topological polar surface area (TPSA) is 82.1 Å². The van der Waals surface area contributed by atoms with E-state index in [2.05, 4.69) is 0 Å². The molecule has 1 aromatic carbocycles. The number of imide groups is 1. The van der Waals surface area contributed by atoms with Gasteiger partial charge in [0, 0.05) is 5.56 Å². The summed E-state index contributed by atoms with van der Waals surface area (Å²) < 4.78 is 15.1. The van der Waals surface area contributed by atoms with Crippen LogP contribution in [0.1, 0.15) is 10.4 Å². The summed E-state index contributed by atoms with van der Waals surface area (Å²) in [6, 6.07) is 4.74. The number of nitrogens with zero attached hydrogens (tertiary/aromatic N) is 1. The minimum atomic E-state index is -0.504. The number of carbonyl (C=O) groups excluding carboxylic acids is 3. The minimum absolute atomic E-state index is 0.118. The van der Waals surface area contributed by atoms with Crippen LogP contribution in [-0.2, 0) is 14.3 Å². The van der Waals surface area contributed by atoms with E-state index < -0.39 is 11.8 Å². The van der Waals surface area contributed by atoms with E-state index in [1.54, 1.807) is 18.2 Å². The van der Waals surface area contributed by atoms with Crippen molar-refractivity contribution >= 4 is 17.6 Å². The van der Waals surface area contributed by atoms with Crippen LogP contribution in [0.3, 0.4) is 0 Å². The van der Waals surface area contributed by atoms with Crippen molar-refractivity contribution in [1.29, 1.82) is 0 Å². The van der Waals surface area contributed by atoms with E-state index in [0.29, 0.717) is 17.1 Å².